The van der Waals surface area contributed by atoms with E-state index < -0.39 is 0 Å². The van der Waals surface area contributed by atoms with Gasteiger partial charge in [0, 0.05) is 32.2 Å². The van der Waals surface area contributed by atoms with Gasteiger partial charge < -0.3 is 14.4 Å². The molecule has 0 N–H and O–H groups in total. The Bertz CT molecular complexity index is 405. The van der Waals surface area contributed by atoms with Crippen molar-refractivity contribution in [3.63, 3.8) is 0 Å². The largest absolute Gasteiger partial charge is 0.380 e. The minimum Gasteiger partial charge on any atom is -0.380 e. The molecule has 0 aromatic carbocycles. The molecule has 22 heavy (non-hydrogen) atoms. The lowest BCUT2D eigenvalue weighted by Crippen LogP contribution is -2.49. The van der Waals surface area contributed by atoms with Crippen molar-refractivity contribution in [2.24, 2.45) is 17.8 Å². The van der Waals surface area contributed by atoms with E-state index in [9.17, 15) is 4.79 Å². The van der Waals surface area contributed by atoms with Crippen LogP contribution in [-0.4, -0.2) is 74.4 Å². The summed E-state index contributed by atoms with van der Waals surface area (Å²) in [6.45, 7) is 6.58. The summed E-state index contributed by atoms with van der Waals surface area (Å²) in [5.41, 5.74) is 0. The lowest BCUT2D eigenvalue weighted by molar-refractivity contribution is -0.148. The van der Waals surface area contributed by atoms with E-state index in [0.717, 1.165) is 38.8 Å². The minimum atomic E-state index is 0.0725. The molecule has 0 aromatic rings. The van der Waals surface area contributed by atoms with Gasteiger partial charge in [-0.15, -0.1) is 0 Å². The number of hydrogen-bond acceptors (Lipinski definition) is 4. The second kappa shape index (κ2) is 6.46. The molecule has 3 saturated heterocycles. The zero-order chi connectivity index (χ0) is 14.9. The van der Waals surface area contributed by atoms with Crippen molar-refractivity contribution in [1.29, 1.82) is 0 Å². The highest BCUT2D eigenvalue weighted by Gasteiger charge is 2.46. The van der Waals surface area contributed by atoms with Crippen molar-refractivity contribution in [1.82, 2.24) is 9.80 Å². The molecule has 0 radical (unpaired) electrons. The third kappa shape index (κ3) is 2.79. The molecule has 0 unspecified atom stereocenters. The van der Waals surface area contributed by atoms with Crippen LogP contribution in [0.4, 0.5) is 0 Å². The summed E-state index contributed by atoms with van der Waals surface area (Å²) < 4.78 is 11.2. The lowest BCUT2D eigenvalue weighted by atomic mass is 9.82. The molecule has 4 fully saturated rings. The quantitative estimate of drug-likeness (QED) is 0.763. The zero-order valence-corrected chi connectivity index (χ0v) is 13.4. The van der Waals surface area contributed by atoms with Crippen molar-refractivity contribution in [3.05, 3.63) is 0 Å². The topological polar surface area (TPSA) is 42.0 Å². The fourth-order valence-electron chi connectivity index (χ4n) is 4.87. The Balaban J connectivity index is 1.43. The highest BCUT2D eigenvalue weighted by atomic mass is 16.5. The van der Waals surface area contributed by atoms with Crippen molar-refractivity contribution >= 4 is 5.91 Å². The van der Waals surface area contributed by atoms with Gasteiger partial charge in [-0.3, -0.25) is 9.69 Å². The molecule has 4 aliphatic rings. The summed E-state index contributed by atoms with van der Waals surface area (Å²) in [5, 5.41) is 0. The third-order valence-electron chi connectivity index (χ3n) is 6.15. The minimum absolute atomic E-state index is 0.0725. The average Bonchev–Trinajstić information content (AvgIpc) is 3.23. The molecule has 3 heterocycles. The number of amides is 1. The fraction of sp³-hybridized carbons (Fsp3) is 0.941. The molecule has 1 aliphatic carbocycles. The molecule has 3 atom stereocenters. The second-order valence-corrected chi connectivity index (χ2v) is 7.40. The van der Waals surface area contributed by atoms with Crippen molar-refractivity contribution in [2.45, 2.75) is 31.7 Å². The first kappa shape index (κ1) is 14.9. The molecule has 1 saturated carbocycles. The average molecular weight is 308 g/mol. The number of rotatable bonds is 2. The van der Waals surface area contributed by atoms with Crippen LogP contribution in [0, 0.1) is 17.8 Å². The van der Waals surface area contributed by atoms with Gasteiger partial charge in [0.1, 0.15) is 0 Å². The normalized spacial score (nSPS) is 37.5. The van der Waals surface area contributed by atoms with E-state index in [0.29, 0.717) is 37.6 Å². The maximum absolute atomic E-state index is 12.9. The number of fused-ring (bicyclic) bond motifs is 1. The van der Waals surface area contributed by atoms with Crippen LogP contribution >= 0.6 is 0 Å². The van der Waals surface area contributed by atoms with Gasteiger partial charge >= 0.3 is 0 Å². The van der Waals surface area contributed by atoms with E-state index in [4.69, 9.17) is 9.47 Å². The highest BCUT2D eigenvalue weighted by molar-refractivity contribution is 5.79. The summed E-state index contributed by atoms with van der Waals surface area (Å²) in [5.74, 6) is 1.45. The van der Waals surface area contributed by atoms with Crippen LogP contribution in [-0.2, 0) is 14.3 Å². The Morgan fingerprint density at radius 1 is 0.955 bits per heavy atom. The molecule has 3 aliphatic heterocycles. The van der Waals surface area contributed by atoms with Gasteiger partial charge in [-0.2, -0.15) is 0 Å². The SMILES string of the molecule is O=C([C@H]1COC[C@H]2CN(C3CCCC3)C[C@H]21)N1CCOCC1. The van der Waals surface area contributed by atoms with Gasteiger partial charge in [0.15, 0.2) is 0 Å². The van der Waals surface area contributed by atoms with Crippen molar-refractivity contribution in [3.8, 4) is 0 Å². The number of carbonyl (C=O) groups excluding carboxylic acids is 1. The predicted molar refractivity (Wildman–Crippen MR) is 82.5 cm³/mol. The van der Waals surface area contributed by atoms with E-state index >= 15 is 0 Å². The molecular formula is C17H28N2O3. The van der Waals surface area contributed by atoms with Crippen LogP contribution in [0.15, 0.2) is 0 Å². The molecule has 5 nitrogen and oxygen atoms in total. The van der Waals surface area contributed by atoms with Crippen LogP contribution in [0.1, 0.15) is 25.7 Å². The van der Waals surface area contributed by atoms with Gasteiger partial charge in [-0.25, -0.2) is 0 Å². The van der Waals surface area contributed by atoms with Crippen LogP contribution < -0.4 is 0 Å². The van der Waals surface area contributed by atoms with Gasteiger partial charge in [0.25, 0.3) is 0 Å². The summed E-state index contributed by atoms with van der Waals surface area (Å²) in [6.07, 6.45) is 5.46. The number of carbonyl (C=O) groups is 1. The first-order valence-corrected chi connectivity index (χ1v) is 9.01. The smallest absolute Gasteiger partial charge is 0.228 e. The van der Waals surface area contributed by atoms with Gasteiger partial charge in [0.05, 0.1) is 32.3 Å². The Morgan fingerprint density at radius 3 is 2.50 bits per heavy atom. The molecule has 5 heteroatoms. The van der Waals surface area contributed by atoms with Crippen LogP contribution in [0.25, 0.3) is 0 Å². The highest BCUT2D eigenvalue weighted by Crippen LogP contribution is 2.38. The van der Waals surface area contributed by atoms with Gasteiger partial charge in [-0.05, 0) is 24.7 Å². The Labute approximate surface area is 132 Å². The second-order valence-electron chi connectivity index (χ2n) is 7.40. The summed E-state index contributed by atoms with van der Waals surface area (Å²) >= 11 is 0. The Hall–Kier alpha value is -0.650. The molecular weight excluding hydrogens is 280 g/mol. The molecule has 0 bridgehead atoms. The Kier molecular flexibility index (Phi) is 4.38. The van der Waals surface area contributed by atoms with Crippen molar-refractivity contribution < 1.29 is 14.3 Å². The summed E-state index contributed by atoms with van der Waals surface area (Å²) in [7, 11) is 0. The predicted octanol–water partition coefficient (Wildman–Crippen LogP) is 0.982. The maximum atomic E-state index is 12.9. The van der Waals surface area contributed by atoms with E-state index in [1.54, 1.807) is 0 Å². The molecule has 124 valence electrons. The number of hydrogen-bond donors (Lipinski definition) is 0. The monoisotopic (exact) mass is 308 g/mol. The van der Waals surface area contributed by atoms with E-state index in [-0.39, 0.29) is 5.92 Å². The molecule has 4 rings (SSSR count). The van der Waals surface area contributed by atoms with Crippen LogP contribution in [0.3, 0.4) is 0 Å². The molecule has 0 aromatic heterocycles. The maximum Gasteiger partial charge on any atom is 0.228 e. The number of nitrogens with zero attached hydrogens (tertiary/aromatic N) is 2. The Morgan fingerprint density at radius 2 is 1.73 bits per heavy atom. The van der Waals surface area contributed by atoms with Gasteiger partial charge in [0.2, 0.25) is 5.91 Å². The van der Waals surface area contributed by atoms with Gasteiger partial charge in [-0.1, -0.05) is 12.8 Å². The van der Waals surface area contributed by atoms with Crippen LogP contribution in [0.2, 0.25) is 0 Å². The third-order valence-corrected chi connectivity index (χ3v) is 6.15. The standard InChI is InChI=1S/C17H28N2O3/c20-17(18-5-7-21-8-6-18)16-12-22-11-13-9-19(10-15(13)16)14-3-1-2-4-14/h13-16H,1-12H2/t13-,15-,16+/m1/s1. The van der Waals surface area contributed by atoms with Crippen LogP contribution in [0.5, 0.6) is 0 Å². The summed E-state index contributed by atoms with van der Waals surface area (Å²) in [4.78, 5) is 17.6. The molecule has 1 amide bonds. The van der Waals surface area contributed by atoms with Crippen molar-refractivity contribution in [2.75, 3.05) is 52.6 Å². The number of morpholine rings is 1. The molecule has 0 spiro atoms. The fourth-order valence-corrected chi connectivity index (χ4v) is 4.87. The zero-order valence-electron chi connectivity index (χ0n) is 13.4. The summed E-state index contributed by atoms with van der Waals surface area (Å²) in [6, 6.07) is 0.768. The van der Waals surface area contributed by atoms with E-state index in [1.807, 2.05) is 4.90 Å². The lowest BCUT2D eigenvalue weighted by Gasteiger charge is -2.37. The number of likely N-dealkylation sites (tertiary alicyclic amines) is 1. The van der Waals surface area contributed by atoms with E-state index in [1.165, 1.54) is 25.7 Å². The van der Waals surface area contributed by atoms with E-state index in [2.05, 4.69) is 4.90 Å². The first-order valence-electron chi connectivity index (χ1n) is 9.01. The first-order chi connectivity index (χ1) is 10.8. The number of ether oxygens (including phenoxy) is 2.